The molecule has 3 N–H and O–H groups in total. The van der Waals surface area contributed by atoms with Crippen molar-refractivity contribution in [2.45, 2.75) is 18.9 Å². The van der Waals surface area contributed by atoms with Crippen molar-refractivity contribution in [3.05, 3.63) is 92.4 Å². The molecule has 0 saturated carbocycles. The van der Waals surface area contributed by atoms with Crippen LogP contribution in [0.2, 0.25) is 15.1 Å². The van der Waals surface area contributed by atoms with E-state index in [2.05, 4.69) is 10.3 Å². The van der Waals surface area contributed by atoms with Crippen LogP contribution in [-0.4, -0.2) is 60.0 Å². The predicted molar refractivity (Wildman–Crippen MR) is 164 cm³/mol. The number of aromatic nitrogens is 1. The minimum Gasteiger partial charge on any atom is -0.497 e. The number of urea groups is 1. The van der Waals surface area contributed by atoms with E-state index in [1.165, 1.54) is 20.3 Å². The van der Waals surface area contributed by atoms with Crippen LogP contribution in [0.25, 0.3) is 10.9 Å². The number of nitrogens with one attached hydrogen (secondary N) is 1. The summed E-state index contributed by atoms with van der Waals surface area (Å²) in [5, 5.41) is 24.1. The van der Waals surface area contributed by atoms with Crippen molar-refractivity contribution in [2.75, 3.05) is 25.7 Å². The van der Waals surface area contributed by atoms with Gasteiger partial charge in [-0.3, -0.25) is 4.90 Å². The number of pyridine rings is 1. The molecule has 3 aromatic carbocycles. The second-order valence-electron chi connectivity index (χ2n) is 9.36. The molecule has 1 aromatic heterocycles. The summed E-state index contributed by atoms with van der Waals surface area (Å²) in [6.45, 7) is -0.114. The van der Waals surface area contributed by atoms with Gasteiger partial charge in [0.05, 0.1) is 19.7 Å². The molecule has 0 fully saturated rings. The Hall–Kier alpha value is -4.25. The van der Waals surface area contributed by atoms with E-state index >= 15 is 0 Å². The van der Waals surface area contributed by atoms with Crippen LogP contribution in [0, 0.1) is 0 Å². The van der Waals surface area contributed by atoms with Crippen molar-refractivity contribution in [3.63, 3.8) is 0 Å². The topological polar surface area (TPSA) is 138 Å². The molecule has 43 heavy (non-hydrogen) atoms. The summed E-state index contributed by atoms with van der Waals surface area (Å²) in [4.78, 5) is 44.0. The molecule has 10 nitrogen and oxygen atoms in total. The number of fused-ring (bicyclic) bond motifs is 1. The lowest BCUT2D eigenvalue weighted by Gasteiger charge is -2.26. The summed E-state index contributed by atoms with van der Waals surface area (Å²) < 4.78 is 10.5. The number of rotatable bonds is 11. The molecular formula is C30H26Cl3N3O7. The van der Waals surface area contributed by atoms with Crippen molar-refractivity contribution in [1.82, 2.24) is 10.3 Å². The molecule has 1 heterocycles. The highest BCUT2D eigenvalue weighted by atomic mass is 35.5. The number of hydrogen-bond acceptors (Lipinski definition) is 6. The van der Waals surface area contributed by atoms with Gasteiger partial charge < -0.3 is 25.0 Å². The van der Waals surface area contributed by atoms with Crippen molar-refractivity contribution in [1.29, 1.82) is 0 Å². The number of carbonyl (C=O) groups is 3. The molecule has 13 heteroatoms. The fraction of sp³-hybridized carbons (Fsp3) is 0.200. The van der Waals surface area contributed by atoms with E-state index < -0.39 is 24.0 Å². The smallest absolute Gasteiger partial charge is 0.339 e. The van der Waals surface area contributed by atoms with E-state index in [0.29, 0.717) is 43.6 Å². The second kappa shape index (κ2) is 13.8. The van der Waals surface area contributed by atoms with Gasteiger partial charge in [-0.2, -0.15) is 0 Å². The average molecular weight is 647 g/mol. The highest BCUT2D eigenvalue weighted by Gasteiger charge is 2.29. The Morgan fingerprint density at radius 1 is 0.884 bits per heavy atom. The maximum atomic E-state index is 13.8. The van der Waals surface area contributed by atoms with Gasteiger partial charge in [-0.15, -0.1) is 0 Å². The molecular weight excluding hydrogens is 621 g/mol. The van der Waals surface area contributed by atoms with Crippen molar-refractivity contribution in [2.24, 2.45) is 0 Å². The molecule has 0 aliphatic carbocycles. The monoisotopic (exact) mass is 645 g/mol. The second-order valence-corrected chi connectivity index (χ2v) is 10.6. The van der Waals surface area contributed by atoms with Crippen LogP contribution >= 0.6 is 34.8 Å². The minimum absolute atomic E-state index is 0.114. The molecule has 1 unspecified atom stereocenters. The Balaban J connectivity index is 1.75. The molecule has 0 aliphatic heterocycles. The standard InChI is InChI=1S/C30H26Cl3N3O7/c1-42-20-4-6-23(32)16(12-20)9-10-36(27-22(28(37)38)14-18-11-19(31)3-8-25(18)34-27)30(41)35-26(29(39)40)15-17-13-21(43-2)5-7-24(17)33/h3-8,11-14,26H,9-10,15H2,1-2H3,(H,35,41)(H,37,38)(H,39,40). The Kier molecular flexibility index (Phi) is 10.2. The van der Waals surface area contributed by atoms with E-state index in [-0.39, 0.29) is 35.8 Å². The summed E-state index contributed by atoms with van der Waals surface area (Å²) in [6, 6.07) is 13.5. The molecule has 0 saturated heterocycles. The zero-order chi connectivity index (χ0) is 31.3. The Morgan fingerprint density at radius 3 is 2.12 bits per heavy atom. The van der Waals surface area contributed by atoms with Crippen LogP contribution in [0.3, 0.4) is 0 Å². The normalized spacial score (nSPS) is 11.6. The lowest BCUT2D eigenvalue weighted by Crippen LogP contribution is -2.50. The van der Waals surface area contributed by atoms with E-state index in [0.717, 1.165) is 4.90 Å². The molecule has 0 spiro atoms. The number of aliphatic carboxylic acids is 1. The van der Waals surface area contributed by atoms with Gasteiger partial charge in [0.1, 0.15) is 23.1 Å². The van der Waals surface area contributed by atoms with Gasteiger partial charge in [-0.25, -0.2) is 19.4 Å². The summed E-state index contributed by atoms with van der Waals surface area (Å²) in [5.74, 6) is -1.88. The SMILES string of the molecule is COc1ccc(Cl)c(CCN(C(=O)NC(Cc2cc(OC)ccc2Cl)C(=O)O)c2nc3ccc(Cl)cc3cc2C(=O)O)c1. The number of aromatic carboxylic acids is 1. The van der Waals surface area contributed by atoms with Gasteiger partial charge in [-0.05, 0) is 78.2 Å². The van der Waals surface area contributed by atoms with Gasteiger partial charge in [0.2, 0.25) is 0 Å². The number of methoxy groups -OCH3 is 2. The molecule has 0 radical (unpaired) electrons. The number of benzene rings is 3. The molecule has 2 amide bonds. The molecule has 0 bridgehead atoms. The summed E-state index contributed by atoms with van der Waals surface area (Å²) in [5.41, 5.74) is 1.13. The van der Waals surface area contributed by atoms with E-state index in [4.69, 9.17) is 44.3 Å². The number of anilines is 1. The first-order chi connectivity index (χ1) is 20.5. The first-order valence-electron chi connectivity index (χ1n) is 12.8. The molecule has 4 rings (SSSR count). The van der Waals surface area contributed by atoms with E-state index in [1.54, 1.807) is 54.6 Å². The van der Waals surface area contributed by atoms with Crippen LogP contribution in [0.15, 0.2) is 60.7 Å². The van der Waals surface area contributed by atoms with Crippen LogP contribution in [-0.2, 0) is 17.6 Å². The highest BCUT2D eigenvalue weighted by molar-refractivity contribution is 6.32. The number of carbonyl (C=O) groups excluding carboxylic acids is 1. The zero-order valence-electron chi connectivity index (χ0n) is 22.9. The van der Waals surface area contributed by atoms with Gasteiger partial charge in [0.15, 0.2) is 5.82 Å². The number of halogens is 3. The summed E-state index contributed by atoms with van der Waals surface area (Å²) in [6.07, 6.45) is -0.0234. The first-order valence-corrected chi connectivity index (χ1v) is 13.9. The molecule has 1 atom stereocenters. The Morgan fingerprint density at radius 2 is 1.51 bits per heavy atom. The Bertz CT molecular complexity index is 1700. The predicted octanol–water partition coefficient (Wildman–Crippen LogP) is 6.37. The third-order valence-corrected chi connectivity index (χ3v) is 7.59. The summed E-state index contributed by atoms with van der Waals surface area (Å²) >= 11 is 18.8. The number of amides is 2. The molecule has 0 aliphatic rings. The number of carboxylic acid groups (broad SMARTS) is 2. The third kappa shape index (κ3) is 7.59. The van der Waals surface area contributed by atoms with Crippen molar-refractivity contribution >= 4 is 69.5 Å². The van der Waals surface area contributed by atoms with Gasteiger partial charge in [0.25, 0.3) is 0 Å². The number of hydrogen-bond donors (Lipinski definition) is 3. The third-order valence-electron chi connectivity index (χ3n) is 6.62. The van der Waals surface area contributed by atoms with Gasteiger partial charge >= 0.3 is 18.0 Å². The fourth-order valence-electron chi connectivity index (χ4n) is 4.39. The molecule has 224 valence electrons. The number of ether oxygens (including phenoxy) is 2. The first kappa shape index (κ1) is 31.7. The lowest BCUT2D eigenvalue weighted by atomic mass is 10.1. The van der Waals surface area contributed by atoms with E-state index in [9.17, 15) is 24.6 Å². The largest absolute Gasteiger partial charge is 0.497 e. The minimum atomic E-state index is -1.44. The number of nitrogens with zero attached hydrogens (tertiary/aromatic N) is 2. The van der Waals surface area contributed by atoms with Gasteiger partial charge in [0, 0.05) is 33.4 Å². The maximum Gasteiger partial charge on any atom is 0.339 e. The van der Waals surface area contributed by atoms with Crippen molar-refractivity contribution < 1.29 is 34.1 Å². The quantitative estimate of drug-likeness (QED) is 0.171. The maximum absolute atomic E-state index is 13.8. The van der Waals surface area contributed by atoms with Crippen molar-refractivity contribution in [3.8, 4) is 11.5 Å². The molecule has 4 aromatic rings. The average Bonchev–Trinajstić information content (AvgIpc) is 2.98. The van der Waals surface area contributed by atoms with E-state index in [1.807, 2.05) is 0 Å². The summed E-state index contributed by atoms with van der Waals surface area (Å²) in [7, 11) is 2.96. The van der Waals surface area contributed by atoms with Crippen LogP contribution < -0.4 is 19.7 Å². The Labute approximate surface area is 261 Å². The van der Waals surface area contributed by atoms with Crippen LogP contribution in [0.5, 0.6) is 11.5 Å². The van der Waals surface area contributed by atoms with Crippen LogP contribution in [0.1, 0.15) is 21.5 Å². The lowest BCUT2D eigenvalue weighted by molar-refractivity contribution is -0.139. The van der Waals surface area contributed by atoms with Gasteiger partial charge in [-0.1, -0.05) is 34.8 Å². The van der Waals surface area contributed by atoms with Crippen LogP contribution in [0.4, 0.5) is 10.6 Å². The fourth-order valence-corrected chi connectivity index (χ4v) is 4.97. The zero-order valence-corrected chi connectivity index (χ0v) is 25.2. The highest BCUT2D eigenvalue weighted by Crippen LogP contribution is 2.29. The number of carboxylic acids is 2.